The first-order valence-electron chi connectivity index (χ1n) is 17.8. The predicted octanol–water partition coefficient (Wildman–Crippen LogP) is 3.27. The summed E-state index contributed by atoms with van der Waals surface area (Å²) < 4.78 is 37.5. The normalized spacial score (nSPS) is 14.1. The number of hydrogen-bond acceptors (Lipinski definition) is 9. The van der Waals surface area contributed by atoms with Crippen LogP contribution in [0.3, 0.4) is 0 Å². The number of anilines is 1. The van der Waals surface area contributed by atoms with E-state index < -0.39 is 17.5 Å². The molecule has 0 aliphatic carbocycles. The Bertz CT molecular complexity index is 1860. The summed E-state index contributed by atoms with van der Waals surface area (Å²) in [4.78, 5) is 46.7. The Morgan fingerprint density at radius 1 is 1.19 bits per heavy atom. The van der Waals surface area contributed by atoms with Crippen molar-refractivity contribution in [3.8, 4) is 11.3 Å². The third kappa shape index (κ3) is 10.5. The lowest BCUT2D eigenvalue weighted by molar-refractivity contribution is -0.122. The van der Waals surface area contributed by atoms with Crippen molar-refractivity contribution in [2.24, 2.45) is 7.05 Å². The van der Waals surface area contributed by atoms with Gasteiger partial charge in [0.2, 0.25) is 5.91 Å². The molecule has 0 radical (unpaired) electrons. The highest BCUT2D eigenvalue weighted by Crippen LogP contribution is 2.31. The minimum atomic E-state index is -1.15. The first kappa shape index (κ1) is 42.1. The number of halogens is 3. The predicted molar refractivity (Wildman–Crippen MR) is 208 cm³/mol. The van der Waals surface area contributed by atoms with E-state index in [0.29, 0.717) is 57.6 Å². The zero-order valence-electron chi connectivity index (χ0n) is 31.3. The van der Waals surface area contributed by atoms with Crippen LogP contribution in [0.15, 0.2) is 42.7 Å². The van der Waals surface area contributed by atoms with Crippen LogP contribution in [-0.4, -0.2) is 121 Å². The number of nitrogens with one attached hydrogen (secondary N) is 4. The Balaban J connectivity index is 1.40. The largest absolute Gasteiger partial charge is 0.396 e. The van der Waals surface area contributed by atoms with E-state index in [1.165, 1.54) is 55.1 Å². The lowest BCUT2D eigenvalue weighted by atomic mass is 9.99. The van der Waals surface area contributed by atoms with E-state index in [1.807, 2.05) is 7.85 Å². The fourth-order valence-electron chi connectivity index (χ4n) is 6.30. The maximum Gasteiger partial charge on any atom is 0.291 e. The van der Waals surface area contributed by atoms with Crippen LogP contribution in [0.5, 0.6) is 0 Å². The monoisotopic (exact) mass is 768 g/mol. The molecule has 1 saturated heterocycles. The summed E-state index contributed by atoms with van der Waals surface area (Å²) in [7, 11) is 6.75. The number of methoxy groups -OCH3 is 1. The average Bonchev–Trinajstić information content (AvgIpc) is 3.52. The van der Waals surface area contributed by atoms with Gasteiger partial charge in [-0.2, -0.15) is 0 Å². The molecule has 0 spiro atoms. The minimum absolute atomic E-state index is 0.00364. The summed E-state index contributed by atoms with van der Waals surface area (Å²) in [6, 6.07) is 7.12. The van der Waals surface area contributed by atoms with E-state index in [2.05, 4.69) is 20.9 Å². The van der Waals surface area contributed by atoms with Gasteiger partial charge >= 0.3 is 0 Å². The summed E-state index contributed by atoms with van der Waals surface area (Å²) in [6.07, 6.45) is 5.44. The molecular weight excluding hydrogens is 721 g/mol. The maximum atomic E-state index is 15.6. The fourth-order valence-corrected chi connectivity index (χ4v) is 6.56. The highest BCUT2D eigenvalue weighted by molar-refractivity contribution is 6.34. The first-order chi connectivity index (χ1) is 25.8. The molecule has 2 aromatic carbocycles. The van der Waals surface area contributed by atoms with Crippen LogP contribution in [0.2, 0.25) is 5.02 Å². The average molecular weight is 769 g/mol. The number of aliphatic hydroxyl groups excluding tert-OH is 1. The first-order valence-corrected chi connectivity index (χ1v) is 18.2. The van der Waals surface area contributed by atoms with Crippen molar-refractivity contribution in [3.63, 3.8) is 0 Å². The van der Waals surface area contributed by atoms with E-state index in [1.54, 1.807) is 30.2 Å². The SMILES string of the molecule is BCNC(CCO)CC(=O)NC1CCN(C(=O)c2ccc(NC(=O)c3ncc(-c4ccc(/C(=C/N(C)CCOC)C(C)=N)c(F)c4F)n3C)cc2Cl)CC1. The van der Waals surface area contributed by atoms with E-state index in [4.69, 9.17) is 21.7 Å². The number of hydrogen-bond donors (Lipinski definition) is 5. The Kier molecular flexibility index (Phi) is 15.3. The summed E-state index contributed by atoms with van der Waals surface area (Å²) in [5.41, 5.74) is 0.769. The highest BCUT2D eigenvalue weighted by Gasteiger charge is 2.27. The van der Waals surface area contributed by atoms with Gasteiger partial charge in [0, 0.05) is 100 Å². The molecule has 4 rings (SSSR count). The Morgan fingerprint density at radius 2 is 1.89 bits per heavy atom. The second-order valence-electron chi connectivity index (χ2n) is 13.2. The molecule has 1 unspecified atom stereocenters. The van der Waals surface area contributed by atoms with Gasteiger partial charge < -0.3 is 45.6 Å². The van der Waals surface area contributed by atoms with Crippen LogP contribution in [0.1, 0.15) is 59.1 Å². The Labute approximate surface area is 320 Å². The standard InChI is InChI=1S/C37H48BClF2N8O5/c1-22(42)29(20-47(2)14-16-54-4)26-7-8-28(34(41)33(26)40)31-19-43-35(48(31)3)36(52)46-25-5-6-27(30(39)17-25)37(53)49-12-9-23(10-13-49)45-32(51)18-24(11-15-50)44-21-38/h5-8,17,19-20,23-24,42,44,50H,9-16,18,21,38H2,1-4H3,(H,45,51)(H,46,52)/b29-20+,42-22?. The molecule has 1 aromatic heterocycles. The molecular formula is C37H48BClF2N8O5. The number of ether oxygens (including phenoxy) is 1. The number of imidazole rings is 1. The molecule has 0 saturated carbocycles. The molecule has 1 atom stereocenters. The Morgan fingerprint density at radius 3 is 2.52 bits per heavy atom. The summed E-state index contributed by atoms with van der Waals surface area (Å²) in [5, 5.41) is 26.5. The van der Waals surface area contributed by atoms with Crippen molar-refractivity contribution in [2.45, 2.75) is 44.7 Å². The molecule has 1 aliphatic heterocycles. The number of amides is 3. The van der Waals surface area contributed by atoms with Gasteiger partial charge in [-0.1, -0.05) is 17.7 Å². The molecule has 0 bridgehead atoms. The van der Waals surface area contributed by atoms with Gasteiger partial charge in [0.1, 0.15) is 7.85 Å². The number of rotatable bonds is 17. The Hall–Kier alpha value is -4.64. The summed E-state index contributed by atoms with van der Waals surface area (Å²) >= 11 is 6.52. The molecule has 3 aromatic rings. The quantitative estimate of drug-likeness (QED) is 0.103. The zero-order chi connectivity index (χ0) is 39.5. The highest BCUT2D eigenvalue weighted by atomic mass is 35.5. The third-order valence-electron chi connectivity index (χ3n) is 9.25. The third-order valence-corrected chi connectivity index (χ3v) is 9.56. The lowest BCUT2D eigenvalue weighted by Gasteiger charge is -2.33. The number of benzene rings is 2. The molecule has 2 heterocycles. The number of carbonyl (C=O) groups excluding carboxylic acids is 3. The zero-order valence-corrected chi connectivity index (χ0v) is 32.0. The van der Waals surface area contributed by atoms with Crippen molar-refractivity contribution >= 4 is 54.1 Å². The van der Waals surface area contributed by atoms with Crippen LogP contribution in [0, 0.1) is 17.0 Å². The molecule has 17 heteroatoms. The van der Waals surface area contributed by atoms with Gasteiger partial charge in [0.25, 0.3) is 11.8 Å². The van der Waals surface area contributed by atoms with Crippen molar-refractivity contribution in [2.75, 3.05) is 58.8 Å². The molecule has 1 fully saturated rings. The molecule has 5 N–H and O–H groups in total. The number of likely N-dealkylation sites (N-methyl/N-ethyl adjacent to an activating group) is 1. The minimum Gasteiger partial charge on any atom is -0.396 e. The molecule has 54 heavy (non-hydrogen) atoms. The number of carbonyl (C=O) groups is 3. The summed E-state index contributed by atoms with van der Waals surface area (Å²) in [6.45, 7) is 3.23. The number of nitrogens with zero attached hydrogens (tertiary/aromatic N) is 4. The van der Waals surface area contributed by atoms with Crippen LogP contribution in [0.4, 0.5) is 14.5 Å². The summed E-state index contributed by atoms with van der Waals surface area (Å²) in [5.74, 6) is -3.39. The van der Waals surface area contributed by atoms with Crippen LogP contribution in [0.25, 0.3) is 16.8 Å². The van der Waals surface area contributed by atoms with E-state index in [0.717, 1.165) is 0 Å². The smallest absolute Gasteiger partial charge is 0.291 e. The number of aliphatic hydroxyl groups is 1. The van der Waals surface area contributed by atoms with Crippen molar-refractivity contribution in [1.29, 1.82) is 5.41 Å². The van der Waals surface area contributed by atoms with Gasteiger partial charge in [-0.15, -0.1) is 0 Å². The fraction of sp³-hybridized carbons (Fsp3) is 0.432. The molecule has 3 amide bonds. The molecule has 13 nitrogen and oxygen atoms in total. The molecule has 1 aliphatic rings. The second kappa shape index (κ2) is 19.6. The van der Waals surface area contributed by atoms with Crippen LogP contribution < -0.4 is 16.0 Å². The topological polar surface area (TPSA) is 165 Å². The van der Waals surface area contributed by atoms with Crippen molar-refractivity contribution in [3.05, 3.63) is 76.3 Å². The maximum absolute atomic E-state index is 15.6. The van der Waals surface area contributed by atoms with E-state index in [-0.39, 0.29) is 81.4 Å². The number of allylic oxidation sites excluding steroid dienone is 1. The van der Waals surface area contributed by atoms with Gasteiger partial charge in [-0.05, 0) is 56.9 Å². The number of aromatic nitrogens is 2. The van der Waals surface area contributed by atoms with E-state index in [9.17, 15) is 19.5 Å². The second-order valence-corrected chi connectivity index (χ2v) is 13.6. The number of piperidine rings is 1. The van der Waals surface area contributed by atoms with Crippen LogP contribution >= 0.6 is 11.6 Å². The van der Waals surface area contributed by atoms with Gasteiger partial charge in [0.05, 0.1) is 29.1 Å². The van der Waals surface area contributed by atoms with Gasteiger partial charge in [-0.3, -0.25) is 14.4 Å². The van der Waals surface area contributed by atoms with Gasteiger partial charge in [0.15, 0.2) is 17.5 Å². The molecule has 290 valence electrons. The lowest BCUT2D eigenvalue weighted by Crippen LogP contribution is -2.47. The number of likely N-dealkylation sites (tertiary alicyclic amines) is 1. The van der Waals surface area contributed by atoms with E-state index >= 15 is 8.78 Å². The van der Waals surface area contributed by atoms with Crippen molar-refractivity contribution in [1.82, 2.24) is 30.0 Å². The van der Waals surface area contributed by atoms with Crippen LogP contribution in [-0.2, 0) is 16.6 Å². The van der Waals surface area contributed by atoms with Gasteiger partial charge in [-0.25, -0.2) is 13.8 Å². The van der Waals surface area contributed by atoms with Crippen molar-refractivity contribution < 1.29 is 33.0 Å².